The first-order chi connectivity index (χ1) is 15.7. The monoisotopic (exact) mass is 485 g/mol. The molecule has 3 rings (SSSR count). The molecule has 0 saturated carbocycles. The Bertz CT molecular complexity index is 1140. The fourth-order valence-electron chi connectivity index (χ4n) is 3.22. The van der Waals surface area contributed by atoms with Crippen LogP contribution < -0.4 is 10.6 Å². The van der Waals surface area contributed by atoms with Crippen LogP contribution in [0.15, 0.2) is 47.6 Å². The van der Waals surface area contributed by atoms with Gasteiger partial charge < -0.3 is 15.2 Å². The van der Waals surface area contributed by atoms with Gasteiger partial charge in [0.05, 0.1) is 11.8 Å². The Kier molecular flexibility index (Phi) is 8.15. The Hall–Kier alpha value is -2.84. The Balaban J connectivity index is 1.65. The molecule has 0 aliphatic heterocycles. The molecule has 0 saturated heterocycles. The number of halogens is 1. The van der Waals surface area contributed by atoms with Crippen LogP contribution in [0.3, 0.4) is 0 Å². The first kappa shape index (κ1) is 24.8. The Labute approximate surface area is 203 Å². The highest BCUT2D eigenvalue weighted by Crippen LogP contribution is 2.25. The third kappa shape index (κ3) is 6.36. The second-order valence-electron chi connectivity index (χ2n) is 8.24. The van der Waals surface area contributed by atoms with E-state index in [0.717, 1.165) is 11.3 Å². The molecule has 2 N–H and O–H groups in total. The van der Waals surface area contributed by atoms with E-state index in [1.807, 2.05) is 57.5 Å². The van der Waals surface area contributed by atoms with Crippen molar-refractivity contribution in [2.75, 3.05) is 11.1 Å². The number of amides is 2. The van der Waals surface area contributed by atoms with Gasteiger partial charge in [-0.05, 0) is 67.3 Å². The number of nitrogens with zero attached hydrogens (tertiary/aromatic N) is 3. The zero-order valence-corrected chi connectivity index (χ0v) is 20.9. The summed E-state index contributed by atoms with van der Waals surface area (Å²) in [7, 11) is 1.84. The quantitative estimate of drug-likeness (QED) is 0.441. The van der Waals surface area contributed by atoms with Gasteiger partial charge in [0.1, 0.15) is 0 Å². The van der Waals surface area contributed by atoms with Crippen LogP contribution in [0.4, 0.5) is 5.69 Å². The number of benzene rings is 2. The third-order valence-corrected chi connectivity index (χ3v) is 6.60. The molecule has 0 aliphatic rings. The number of carbonyl (C=O) groups excluding carboxylic acids is 2. The predicted octanol–water partition coefficient (Wildman–Crippen LogP) is 4.94. The SMILES string of the molecule is Cc1ccc(NC(=O)CSc2nnc([C@@H](NC(=O)c3ccc(Cl)cc3)C(C)C)n2C)cc1C. The van der Waals surface area contributed by atoms with Crippen molar-refractivity contribution in [3.05, 3.63) is 70.0 Å². The fraction of sp³-hybridized carbons (Fsp3) is 0.333. The molecule has 1 heterocycles. The van der Waals surface area contributed by atoms with Crippen LogP contribution in [0.1, 0.15) is 47.2 Å². The number of hydrogen-bond donors (Lipinski definition) is 2. The van der Waals surface area contributed by atoms with E-state index in [1.165, 1.54) is 17.3 Å². The van der Waals surface area contributed by atoms with Gasteiger partial charge in [-0.3, -0.25) is 9.59 Å². The average molecular weight is 486 g/mol. The number of rotatable bonds is 8. The molecule has 174 valence electrons. The van der Waals surface area contributed by atoms with E-state index < -0.39 is 0 Å². The standard InChI is InChI=1S/C24H28ClN5O2S/c1-14(2)21(27-23(32)17-7-9-18(25)10-8-17)22-28-29-24(30(22)5)33-13-20(31)26-19-11-6-15(3)16(4)12-19/h6-12,14,21H,13H2,1-5H3,(H,26,31)(H,27,32)/t21-/m0/s1. The molecule has 33 heavy (non-hydrogen) atoms. The summed E-state index contributed by atoms with van der Waals surface area (Å²) in [6.07, 6.45) is 0. The highest BCUT2D eigenvalue weighted by molar-refractivity contribution is 7.99. The van der Waals surface area contributed by atoms with Crippen LogP contribution in [-0.4, -0.2) is 32.3 Å². The summed E-state index contributed by atoms with van der Waals surface area (Å²) in [6, 6.07) is 12.2. The summed E-state index contributed by atoms with van der Waals surface area (Å²) >= 11 is 7.22. The number of aryl methyl sites for hydroxylation is 2. The molecule has 0 aliphatic carbocycles. The van der Waals surface area contributed by atoms with Crippen molar-refractivity contribution in [1.29, 1.82) is 0 Å². The van der Waals surface area contributed by atoms with Crippen LogP contribution in [0, 0.1) is 19.8 Å². The van der Waals surface area contributed by atoms with Gasteiger partial charge in [-0.25, -0.2) is 0 Å². The van der Waals surface area contributed by atoms with Crippen LogP contribution in [0.2, 0.25) is 5.02 Å². The molecule has 0 bridgehead atoms. The molecule has 0 radical (unpaired) electrons. The Morgan fingerprint density at radius 3 is 2.39 bits per heavy atom. The van der Waals surface area contributed by atoms with E-state index in [1.54, 1.807) is 24.3 Å². The minimum atomic E-state index is -0.343. The lowest BCUT2D eigenvalue weighted by atomic mass is 10.0. The smallest absolute Gasteiger partial charge is 0.251 e. The Morgan fingerprint density at radius 2 is 1.76 bits per heavy atom. The first-order valence-corrected chi connectivity index (χ1v) is 12.0. The minimum absolute atomic E-state index is 0.0788. The second kappa shape index (κ2) is 10.9. The summed E-state index contributed by atoms with van der Waals surface area (Å²) in [4.78, 5) is 25.1. The lowest BCUT2D eigenvalue weighted by Crippen LogP contribution is -2.33. The maximum Gasteiger partial charge on any atom is 0.251 e. The van der Waals surface area contributed by atoms with Crippen molar-refractivity contribution in [1.82, 2.24) is 20.1 Å². The topological polar surface area (TPSA) is 88.9 Å². The van der Waals surface area contributed by atoms with Crippen molar-refractivity contribution in [2.45, 2.75) is 38.9 Å². The average Bonchev–Trinajstić information content (AvgIpc) is 3.13. The van der Waals surface area contributed by atoms with E-state index in [0.29, 0.717) is 21.6 Å². The number of aromatic nitrogens is 3. The fourth-order valence-corrected chi connectivity index (χ4v) is 4.07. The van der Waals surface area contributed by atoms with Crippen LogP contribution in [0.25, 0.3) is 0 Å². The van der Waals surface area contributed by atoms with Crippen molar-refractivity contribution in [3.63, 3.8) is 0 Å². The normalized spacial score (nSPS) is 12.0. The lowest BCUT2D eigenvalue weighted by Gasteiger charge is -2.21. The molecule has 0 spiro atoms. The number of anilines is 1. The summed E-state index contributed by atoms with van der Waals surface area (Å²) in [5.74, 6) is 0.571. The van der Waals surface area contributed by atoms with Gasteiger partial charge >= 0.3 is 0 Å². The van der Waals surface area contributed by atoms with Crippen molar-refractivity contribution >= 4 is 40.9 Å². The largest absolute Gasteiger partial charge is 0.342 e. The molecule has 3 aromatic rings. The summed E-state index contributed by atoms with van der Waals surface area (Å²) < 4.78 is 1.82. The lowest BCUT2D eigenvalue weighted by molar-refractivity contribution is -0.113. The minimum Gasteiger partial charge on any atom is -0.342 e. The molecule has 2 amide bonds. The molecule has 1 aromatic heterocycles. The Morgan fingerprint density at radius 1 is 1.06 bits per heavy atom. The second-order valence-corrected chi connectivity index (χ2v) is 9.62. The summed E-state index contributed by atoms with van der Waals surface area (Å²) in [5, 5.41) is 15.7. The third-order valence-electron chi connectivity index (χ3n) is 5.33. The van der Waals surface area contributed by atoms with Gasteiger partial charge in [0, 0.05) is 23.3 Å². The van der Waals surface area contributed by atoms with Crippen LogP contribution >= 0.6 is 23.4 Å². The molecule has 2 aromatic carbocycles. The number of hydrogen-bond acceptors (Lipinski definition) is 5. The van der Waals surface area contributed by atoms with E-state index in [-0.39, 0.29) is 29.5 Å². The number of thioether (sulfide) groups is 1. The van der Waals surface area contributed by atoms with Gasteiger partial charge in [-0.15, -0.1) is 10.2 Å². The molecule has 0 unspecified atom stereocenters. The molecule has 7 nitrogen and oxygen atoms in total. The number of nitrogens with one attached hydrogen (secondary N) is 2. The van der Waals surface area contributed by atoms with Gasteiger partial charge in [-0.2, -0.15) is 0 Å². The molecule has 1 atom stereocenters. The van der Waals surface area contributed by atoms with Crippen LogP contribution in [-0.2, 0) is 11.8 Å². The zero-order valence-electron chi connectivity index (χ0n) is 19.3. The first-order valence-electron chi connectivity index (χ1n) is 10.6. The van der Waals surface area contributed by atoms with E-state index >= 15 is 0 Å². The molecular formula is C24H28ClN5O2S. The van der Waals surface area contributed by atoms with Crippen molar-refractivity contribution < 1.29 is 9.59 Å². The molecule has 0 fully saturated rings. The molecule has 9 heteroatoms. The number of carbonyl (C=O) groups is 2. The van der Waals surface area contributed by atoms with Gasteiger partial charge in [0.25, 0.3) is 5.91 Å². The van der Waals surface area contributed by atoms with Gasteiger partial charge in [0.2, 0.25) is 5.91 Å². The van der Waals surface area contributed by atoms with Gasteiger partial charge in [0.15, 0.2) is 11.0 Å². The maximum absolute atomic E-state index is 12.7. The van der Waals surface area contributed by atoms with Crippen molar-refractivity contribution in [3.8, 4) is 0 Å². The van der Waals surface area contributed by atoms with Crippen LogP contribution in [0.5, 0.6) is 0 Å². The van der Waals surface area contributed by atoms with E-state index in [4.69, 9.17) is 11.6 Å². The molecular weight excluding hydrogens is 458 g/mol. The van der Waals surface area contributed by atoms with Gasteiger partial charge in [-0.1, -0.05) is 43.3 Å². The zero-order chi connectivity index (χ0) is 24.1. The van der Waals surface area contributed by atoms with E-state index in [2.05, 4.69) is 20.8 Å². The summed E-state index contributed by atoms with van der Waals surface area (Å²) in [6.45, 7) is 8.05. The highest BCUT2D eigenvalue weighted by Gasteiger charge is 2.25. The maximum atomic E-state index is 12.7. The van der Waals surface area contributed by atoms with Crippen molar-refractivity contribution in [2.24, 2.45) is 13.0 Å². The highest BCUT2D eigenvalue weighted by atomic mass is 35.5. The summed E-state index contributed by atoms with van der Waals surface area (Å²) in [5.41, 5.74) is 3.59. The predicted molar refractivity (Wildman–Crippen MR) is 133 cm³/mol. The van der Waals surface area contributed by atoms with E-state index in [9.17, 15) is 9.59 Å².